The Labute approximate surface area is 106 Å². The van der Waals surface area contributed by atoms with Crippen LogP contribution < -0.4 is 10.6 Å². The van der Waals surface area contributed by atoms with Gasteiger partial charge in [-0.25, -0.2) is 8.78 Å². The van der Waals surface area contributed by atoms with E-state index in [4.69, 9.17) is 10.8 Å². The van der Waals surface area contributed by atoms with Gasteiger partial charge in [-0.3, -0.25) is 0 Å². The van der Waals surface area contributed by atoms with E-state index < -0.39 is 11.6 Å². The summed E-state index contributed by atoms with van der Waals surface area (Å²) in [6.45, 7) is 4.21. The van der Waals surface area contributed by atoms with Crippen molar-refractivity contribution in [3.05, 3.63) is 29.3 Å². The number of nitrogens with zero attached hydrogens (tertiary/aromatic N) is 1. The minimum Gasteiger partial charge on any atom is -0.396 e. The van der Waals surface area contributed by atoms with Crippen molar-refractivity contribution in [1.82, 2.24) is 0 Å². The van der Waals surface area contributed by atoms with Crippen LogP contribution in [0.1, 0.15) is 25.8 Å². The largest absolute Gasteiger partial charge is 0.396 e. The van der Waals surface area contributed by atoms with Crippen molar-refractivity contribution >= 4 is 5.69 Å². The van der Waals surface area contributed by atoms with E-state index in [2.05, 4.69) is 0 Å². The quantitative estimate of drug-likeness (QED) is 0.820. The molecule has 0 amide bonds. The lowest BCUT2D eigenvalue weighted by atomic mass is 10.1. The molecule has 0 aliphatic carbocycles. The first-order valence-electron chi connectivity index (χ1n) is 6.06. The molecule has 3 N–H and O–H groups in total. The van der Waals surface area contributed by atoms with Gasteiger partial charge in [0, 0.05) is 25.7 Å². The van der Waals surface area contributed by atoms with Crippen molar-refractivity contribution < 1.29 is 13.9 Å². The Balaban J connectivity index is 3.11. The molecule has 3 nitrogen and oxygen atoms in total. The lowest BCUT2D eigenvalue weighted by Crippen LogP contribution is -2.33. The van der Waals surface area contributed by atoms with E-state index in [1.54, 1.807) is 4.90 Å². The van der Waals surface area contributed by atoms with Crippen LogP contribution in [-0.2, 0) is 6.54 Å². The molecule has 18 heavy (non-hydrogen) atoms. The smallest absolute Gasteiger partial charge is 0.149 e. The number of aliphatic hydroxyl groups excluding tert-OH is 1. The Hall–Kier alpha value is -1.20. The molecular weight excluding hydrogens is 238 g/mol. The highest BCUT2D eigenvalue weighted by molar-refractivity contribution is 5.51. The fraction of sp³-hybridized carbons (Fsp3) is 0.538. The third kappa shape index (κ3) is 3.40. The summed E-state index contributed by atoms with van der Waals surface area (Å²) in [5, 5.41) is 8.83. The van der Waals surface area contributed by atoms with E-state index >= 15 is 0 Å². The van der Waals surface area contributed by atoms with E-state index in [1.807, 2.05) is 13.8 Å². The van der Waals surface area contributed by atoms with E-state index in [9.17, 15) is 8.78 Å². The van der Waals surface area contributed by atoms with Crippen molar-refractivity contribution in [3.8, 4) is 0 Å². The Kier molecular flexibility index (Phi) is 5.50. The number of anilines is 1. The van der Waals surface area contributed by atoms with Crippen LogP contribution in [0.4, 0.5) is 14.5 Å². The molecule has 0 fully saturated rings. The van der Waals surface area contributed by atoms with Crippen LogP contribution in [0.25, 0.3) is 0 Å². The second-order valence-electron chi connectivity index (χ2n) is 4.48. The molecule has 0 bridgehead atoms. The fourth-order valence-electron chi connectivity index (χ4n) is 1.88. The second-order valence-corrected chi connectivity index (χ2v) is 4.48. The number of aliphatic hydroxyl groups is 1. The summed E-state index contributed by atoms with van der Waals surface area (Å²) in [6.07, 6.45) is 0.468. The molecule has 0 heterocycles. The van der Waals surface area contributed by atoms with Crippen LogP contribution >= 0.6 is 0 Å². The third-order valence-electron chi connectivity index (χ3n) is 2.78. The zero-order valence-electron chi connectivity index (χ0n) is 10.8. The molecule has 1 aromatic rings. The van der Waals surface area contributed by atoms with Gasteiger partial charge in [0.15, 0.2) is 0 Å². The summed E-state index contributed by atoms with van der Waals surface area (Å²) in [5.74, 6) is -1.22. The standard InChI is InChI=1S/C13H20F2N2O/c1-9(2)17(4-3-5-18)13-11(14)6-10(8-16)7-12(13)15/h6-7,9,18H,3-5,8,16H2,1-2H3. The molecule has 1 rings (SSSR count). The zero-order chi connectivity index (χ0) is 13.7. The van der Waals surface area contributed by atoms with Crippen LogP contribution in [0.15, 0.2) is 12.1 Å². The molecule has 0 saturated carbocycles. The molecule has 0 aliphatic heterocycles. The predicted molar refractivity (Wildman–Crippen MR) is 68.4 cm³/mol. The maximum atomic E-state index is 13.9. The molecule has 0 unspecified atom stereocenters. The molecule has 0 aliphatic rings. The number of hydrogen-bond acceptors (Lipinski definition) is 3. The van der Waals surface area contributed by atoms with Gasteiger partial charge in [0.1, 0.15) is 17.3 Å². The fourth-order valence-corrected chi connectivity index (χ4v) is 1.88. The number of nitrogens with two attached hydrogens (primary N) is 1. The van der Waals surface area contributed by atoms with Crippen LogP contribution in [0.5, 0.6) is 0 Å². The molecule has 0 spiro atoms. The van der Waals surface area contributed by atoms with Crippen LogP contribution in [0.3, 0.4) is 0 Å². The molecule has 5 heteroatoms. The SMILES string of the molecule is CC(C)N(CCCO)c1c(F)cc(CN)cc1F. The molecule has 0 atom stereocenters. The maximum Gasteiger partial charge on any atom is 0.149 e. The Bertz CT molecular complexity index is 374. The average Bonchev–Trinajstić information content (AvgIpc) is 2.31. The van der Waals surface area contributed by atoms with E-state index in [1.165, 1.54) is 12.1 Å². The summed E-state index contributed by atoms with van der Waals surface area (Å²) >= 11 is 0. The van der Waals surface area contributed by atoms with Crippen LogP contribution in [0, 0.1) is 11.6 Å². The van der Waals surface area contributed by atoms with Gasteiger partial charge in [-0.15, -0.1) is 0 Å². The van der Waals surface area contributed by atoms with Crippen molar-refractivity contribution in [2.75, 3.05) is 18.1 Å². The van der Waals surface area contributed by atoms with E-state index in [-0.39, 0.29) is 24.9 Å². The maximum absolute atomic E-state index is 13.9. The molecule has 0 radical (unpaired) electrons. The van der Waals surface area contributed by atoms with Gasteiger partial charge >= 0.3 is 0 Å². The van der Waals surface area contributed by atoms with Crippen LogP contribution in [0.2, 0.25) is 0 Å². The molecule has 0 aromatic heterocycles. The molecule has 0 saturated heterocycles. The third-order valence-corrected chi connectivity index (χ3v) is 2.78. The van der Waals surface area contributed by atoms with Crippen molar-refractivity contribution in [2.24, 2.45) is 5.73 Å². The first-order chi connectivity index (χ1) is 8.51. The van der Waals surface area contributed by atoms with Gasteiger partial charge in [-0.2, -0.15) is 0 Å². The monoisotopic (exact) mass is 258 g/mol. The number of benzene rings is 1. The van der Waals surface area contributed by atoms with E-state index in [0.29, 0.717) is 18.5 Å². The first-order valence-corrected chi connectivity index (χ1v) is 6.06. The number of rotatable bonds is 6. The summed E-state index contributed by atoms with van der Waals surface area (Å²) in [5.41, 5.74) is 5.76. The van der Waals surface area contributed by atoms with Gasteiger partial charge in [-0.1, -0.05) is 0 Å². The normalized spacial score (nSPS) is 11.1. The summed E-state index contributed by atoms with van der Waals surface area (Å²) in [6, 6.07) is 2.46. The molecule has 102 valence electrons. The Morgan fingerprint density at radius 1 is 1.28 bits per heavy atom. The predicted octanol–water partition coefficient (Wildman–Crippen LogP) is 2.02. The topological polar surface area (TPSA) is 49.5 Å². The zero-order valence-corrected chi connectivity index (χ0v) is 10.8. The van der Waals surface area contributed by atoms with Crippen molar-refractivity contribution in [2.45, 2.75) is 32.9 Å². The van der Waals surface area contributed by atoms with Gasteiger partial charge in [-0.05, 0) is 38.0 Å². The molecular formula is C13H20F2N2O. The minimum atomic E-state index is -0.609. The van der Waals surface area contributed by atoms with Crippen LogP contribution in [-0.4, -0.2) is 24.3 Å². The van der Waals surface area contributed by atoms with Gasteiger partial charge in [0.05, 0.1) is 0 Å². The number of halogens is 2. The van der Waals surface area contributed by atoms with Crippen molar-refractivity contribution in [1.29, 1.82) is 0 Å². The van der Waals surface area contributed by atoms with E-state index in [0.717, 1.165) is 0 Å². The van der Waals surface area contributed by atoms with Gasteiger partial charge in [0.25, 0.3) is 0 Å². The Morgan fingerprint density at radius 3 is 2.22 bits per heavy atom. The van der Waals surface area contributed by atoms with Crippen molar-refractivity contribution in [3.63, 3.8) is 0 Å². The highest BCUT2D eigenvalue weighted by Gasteiger charge is 2.19. The minimum absolute atomic E-state index is 0.00661. The first kappa shape index (κ1) is 14.9. The summed E-state index contributed by atoms with van der Waals surface area (Å²) < 4.78 is 27.9. The Morgan fingerprint density at radius 2 is 1.83 bits per heavy atom. The lowest BCUT2D eigenvalue weighted by molar-refractivity contribution is 0.288. The highest BCUT2D eigenvalue weighted by atomic mass is 19.1. The average molecular weight is 258 g/mol. The highest BCUT2D eigenvalue weighted by Crippen LogP contribution is 2.26. The second kappa shape index (κ2) is 6.66. The van der Waals surface area contributed by atoms with Gasteiger partial charge in [0.2, 0.25) is 0 Å². The molecule has 1 aromatic carbocycles. The van der Waals surface area contributed by atoms with Gasteiger partial charge < -0.3 is 15.7 Å². The summed E-state index contributed by atoms with van der Waals surface area (Å²) in [7, 11) is 0. The number of hydrogen-bond donors (Lipinski definition) is 2. The summed E-state index contributed by atoms with van der Waals surface area (Å²) in [4.78, 5) is 1.61. The lowest BCUT2D eigenvalue weighted by Gasteiger charge is -2.29.